The van der Waals surface area contributed by atoms with Gasteiger partial charge in [-0.25, -0.2) is 0 Å². The van der Waals surface area contributed by atoms with Crippen molar-refractivity contribution in [2.45, 2.75) is 125 Å². The molecule has 4 aliphatic carbocycles. The number of hydrogen-bond acceptors (Lipinski definition) is 10. The van der Waals surface area contributed by atoms with Crippen LogP contribution in [0.5, 0.6) is 0 Å². The number of hydrogen-bond donors (Lipinski definition) is 2. The average Bonchev–Trinajstić information content (AvgIpc) is 3.68. The Morgan fingerprint density at radius 1 is 1.00 bits per heavy atom. The second kappa shape index (κ2) is 8.71. The Morgan fingerprint density at radius 2 is 1.85 bits per heavy atom. The van der Waals surface area contributed by atoms with E-state index in [4.69, 9.17) is 28.4 Å². The maximum Gasteiger partial charge on any atom is 0.308 e. The first-order valence-corrected chi connectivity index (χ1v) is 15.4. The molecule has 8 rings (SSSR count). The van der Waals surface area contributed by atoms with Gasteiger partial charge in [0.1, 0.15) is 31.4 Å². The van der Waals surface area contributed by atoms with Crippen LogP contribution in [-0.4, -0.2) is 90.0 Å². The number of ether oxygens (including phenoxy) is 6. The average molecular weight is 563 g/mol. The van der Waals surface area contributed by atoms with E-state index in [-0.39, 0.29) is 68.0 Å². The van der Waals surface area contributed by atoms with Crippen LogP contribution in [0.1, 0.15) is 77.6 Å². The first kappa shape index (κ1) is 26.5. The molecule has 0 bridgehead atoms. The summed E-state index contributed by atoms with van der Waals surface area (Å²) in [5.41, 5.74) is -4.18. The van der Waals surface area contributed by atoms with E-state index in [1.807, 2.05) is 6.92 Å². The summed E-state index contributed by atoms with van der Waals surface area (Å²) in [6.07, 6.45) is 6.38. The van der Waals surface area contributed by atoms with Gasteiger partial charge in [-0.1, -0.05) is 0 Å². The number of aldehydes is 1. The maximum absolute atomic E-state index is 13.1. The van der Waals surface area contributed by atoms with E-state index in [1.54, 1.807) is 0 Å². The normalized spacial score (nSPS) is 58.5. The van der Waals surface area contributed by atoms with Gasteiger partial charge < -0.3 is 43.4 Å². The van der Waals surface area contributed by atoms with Crippen LogP contribution >= 0.6 is 0 Å². The first-order chi connectivity index (χ1) is 19.2. The van der Waals surface area contributed by atoms with E-state index in [0.717, 1.165) is 32.0 Å². The van der Waals surface area contributed by atoms with Gasteiger partial charge in [0.05, 0.1) is 48.0 Å². The molecule has 13 atom stereocenters. The summed E-state index contributed by atoms with van der Waals surface area (Å²) in [5.74, 6) is -0.367. The fourth-order valence-corrected chi connectivity index (χ4v) is 11.2. The van der Waals surface area contributed by atoms with Gasteiger partial charge in [-0.2, -0.15) is 0 Å². The molecule has 2 N–H and O–H groups in total. The summed E-state index contributed by atoms with van der Waals surface area (Å²) >= 11 is 0. The predicted octanol–water partition coefficient (Wildman–Crippen LogP) is 2.01. The number of fused-ring (bicyclic) bond motifs is 6. The largest absolute Gasteiger partial charge is 0.462 e. The van der Waals surface area contributed by atoms with Crippen molar-refractivity contribution < 1.29 is 48.2 Å². The summed E-state index contributed by atoms with van der Waals surface area (Å²) in [6, 6.07) is 0. The van der Waals surface area contributed by atoms with Crippen molar-refractivity contribution in [3.05, 3.63) is 0 Å². The highest BCUT2D eigenvalue weighted by Gasteiger charge is 2.77. The lowest BCUT2D eigenvalue weighted by Gasteiger charge is -2.65. The van der Waals surface area contributed by atoms with Gasteiger partial charge in [0.25, 0.3) is 0 Å². The van der Waals surface area contributed by atoms with E-state index in [1.165, 1.54) is 0 Å². The first-order valence-electron chi connectivity index (χ1n) is 15.4. The number of cyclic esters (lactones) is 1. The smallest absolute Gasteiger partial charge is 0.308 e. The monoisotopic (exact) mass is 562 g/mol. The summed E-state index contributed by atoms with van der Waals surface area (Å²) in [6.45, 7) is 2.93. The van der Waals surface area contributed by atoms with Crippen molar-refractivity contribution in [2.75, 3.05) is 20.0 Å². The summed E-state index contributed by atoms with van der Waals surface area (Å²) in [7, 11) is 0. The highest BCUT2D eigenvalue weighted by atomic mass is 16.8. The molecule has 4 saturated carbocycles. The molecule has 0 radical (unpaired) electrons. The van der Waals surface area contributed by atoms with Crippen LogP contribution in [0.3, 0.4) is 0 Å². The minimum absolute atomic E-state index is 0.0118. The second-order valence-corrected chi connectivity index (χ2v) is 14.3. The van der Waals surface area contributed by atoms with Gasteiger partial charge in [0, 0.05) is 24.2 Å². The lowest BCUT2D eigenvalue weighted by Crippen LogP contribution is -2.69. The maximum atomic E-state index is 13.1. The van der Waals surface area contributed by atoms with Crippen LogP contribution < -0.4 is 0 Å². The lowest BCUT2D eigenvalue weighted by atomic mass is 9.41. The van der Waals surface area contributed by atoms with E-state index < -0.39 is 33.9 Å². The molecule has 0 unspecified atom stereocenters. The molecule has 4 aliphatic heterocycles. The Kier molecular flexibility index (Phi) is 5.77. The van der Waals surface area contributed by atoms with Crippen molar-refractivity contribution in [3.8, 4) is 0 Å². The molecule has 0 aromatic carbocycles. The zero-order valence-corrected chi connectivity index (χ0v) is 23.3. The number of carbonyl (C=O) groups excluding carboxylic acids is 2. The summed E-state index contributed by atoms with van der Waals surface area (Å²) in [4.78, 5) is 25.2. The highest BCUT2D eigenvalue weighted by Crippen LogP contribution is 2.73. The molecular weight excluding hydrogens is 520 g/mol. The van der Waals surface area contributed by atoms with Crippen molar-refractivity contribution in [3.63, 3.8) is 0 Å². The molecule has 10 nitrogen and oxygen atoms in total. The molecule has 4 heterocycles. The van der Waals surface area contributed by atoms with Gasteiger partial charge >= 0.3 is 5.97 Å². The van der Waals surface area contributed by atoms with Crippen molar-refractivity contribution in [1.82, 2.24) is 0 Å². The third-order valence-electron chi connectivity index (χ3n) is 13.0. The van der Waals surface area contributed by atoms with Gasteiger partial charge in [0.2, 0.25) is 0 Å². The fourth-order valence-electron chi connectivity index (χ4n) is 11.2. The lowest BCUT2D eigenvalue weighted by molar-refractivity contribution is -0.288. The molecule has 0 amide bonds. The molecule has 4 saturated heterocycles. The molecule has 0 aromatic rings. The molecular formula is C30H42O10. The van der Waals surface area contributed by atoms with E-state index in [9.17, 15) is 19.8 Å². The van der Waals surface area contributed by atoms with Crippen molar-refractivity contribution in [1.29, 1.82) is 0 Å². The van der Waals surface area contributed by atoms with E-state index in [0.29, 0.717) is 45.1 Å². The molecule has 0 aromatic heterocycles. The molecule has 2 spiro atoms. The number of carbonyl (C=O) groups is 2. The van der Waals surface area contributed by atoms with Crippen LogP contribution in [-0.2, 0) is 38.0 Å². The van der Waals surface area contributed by atoms with E-state index >= 15 is 0 Å². The predicted molar refractivity (Wildman–Crippen MR) is 136 cm³/mol. The van der Waals surface area contributed by atoms with Crippen LogP contribution in [0.4, 0.5) is 0 Å². The fraction of sp³-hybridized carbons (Fsp3) is 0.933. The second-order valence-electron chi connectivity index (χ2n) is 14.3. The summed E-state index contributed by atoms with van der Waals surface area (Å²) < 4.78 is 35.8. The Bertz CT molecular complexity index is 1080. The van der Waals surface area contributed by atoms with Crippen LogP contribution in [0.2, 0.25) is 0 Å². The Hall–Kier alpha value is -1.14. The van der Waals surface area contributed by atoms with Crippen molar-refractivity contribution in [2.24, 2.45) is 28.6 Å². The van der Waals surface area contributed by atoms with Gasteiger partial charge in [0.15, 0.2) is 6.29 Å². The van der Waals surface area contributed by atoms with Gasteiger partial charge in [-0.3, -0.25) is 4.79 Å². The van der Waals surface area contributed by atoms with E-state index in [2.05, 4.69) is 0 Å². The third kappa shape index (κ3) is 3.24. The highest BCUT2D eigenvalue weighted by molar-refractivity contribution is 5.73. The SMILES string of the molecule is C[C@@H]1C[C@H]2OCO[C@H]2[C@H](O[C@H]2CC[C@]3(C=O)[C@H]4CC[C@]56CO[C@@]7(COC(=O)C7)[C@H]5CC[C@]6(O)[C@@H]4CC[C@]3(O)C2)O1. The van der Waals surface area contributed by atoms with Gasteiger partial charge in [-0.15, -0.1) is 0 Å². The zero-order valence-electron chi connectivity index (χ0n) is 23.3. The number of aliphatic hydroxyl groups is 2. The zero-order chi connectivity index (χ0) is 27.5. The third-order valence-corrected chi connectivity index (χ3v) is 13.0. The molecule has 222 valence electrons. The number of esters is 1. The van der Waals surface area contributed by atoms with Crippen molar-refractivity contribution >= 4 is 12.3 Å². The quantitative estimate of drug-likeness (QED) is 0.299. The van der Waals surface area contributed by atoms with Crippen LogP contribution in [0.15, 0.2) is 0 Å². The Labute approximate surface area is 234 Å². The van der Waals surface area contributed by atoms with Crippen LogP contribution in [0, 0.1) is 28.6 Å². The molecule has 10 heteroatoms. The minimum Gasteiger partial charge on any atom is -0.462 e. The molecule has 8 fully saturated rings. The standard InChI is InChI=1S/C30H42O10/c1-17-10-21-24(37-16-36-21)25(39-17)40-18-2-6-26(13-31)19-3-7-27-14-38-28(12-23(32)35-15-28)22(27)5-9-30(27,34)20(19)4-8-29(26,33)11-18/h13,17-22,24-25,33-34H,2-12,14-16H2,1H3/t17-,18+,19+,20-,21-,22+,24-,25+,26+,27+,28+,29+,30+/m1/s1. The van der Waals surface area contributed by atoms with Gasteiger partial charge in [-0.05, 0) is 70.1 Å². The molecule has 40 heavy (non-hydrogen) atoms. The number of rotatable bonds is 3. The summed E-state index contributed by atoms with van der Waals surface area (Å²) in [5, 5.41) is 24.8. The minimum atomic E-state index is -1.20. The Balaban J connectivity index is 1.04. The Morgan fingerprint density at radius 3 is 2.65 bits per heavy atom. The van der Waals surface area contributed by atoms with Crippen LogP contribution in [0.25, 0.3) is 0 Å². The topological polar surface area (TPSA) is 130 Å². The molecule has 8 aliphatic rings.